The molecule has 3 aromatic rings. The van der Waals surface area contributed by atoms with E-state index in [1.54, 1.807) is 12.1 Å². The molecule has 0 fully saturated rings. The summed E-state index contributed by atoms with van der Waals surface area (Å²) in [5.41, 5.74) is 4.38. The molecule has 0 aliphatic heterocycles. The molecule has 0 saturated heterocycles. The molecule has 1 nitrogen and oxygen atoms in total. The van der Waals surface area contributed by atoms with E-state index < -0.39 is 0 Å². The Bertz CT molecular complexity index is 665. The maximum Gasteiger partial charge on any atom is 0.123 e. The van der Waals surface area contributed by atoms with Gasteiger partial charge in [-0.1, -0.05) is 30.3 Å². The molecular weight excluding hydrogens is 213 g/mol. The summed E-state index contributed by atoms with van der Waals surface area (Å²) in [7, 11) is 0. The van der Waals surface area contributed by atoms with Crippen LogP contribution in [0, 0.1) is 12.7 Å². The predicted molar refractivity (Wildman–Crippen MR) is 68.4 cm³/mol. The van der Waals surface area contributed by atoms with E-state index >= 15 is 0 Å². The van der Waals surface area contributed by atoms with Gasteiger partial charge in [0.1, 0.15) is 5.82 Å². The number of aromatic amines is 1. The van der Waals surface area contributed by atoms with Gasteiger partial charge < -0.3 is 4.98 Å². The Balaban J connectivity index is 2.26. The van der Waals surface area contributed by atoms with Gasteiger partial charge in [0.25, 0.3) is 0 Å². The highest BCUT2D eigenvalue weighted by molar-refractivity contribution is 5.94. The van der Waals surface area contributed by atoms with Crippen molar-refractivity contribution in [1.29, 1.82) is 0 Å². The number of fused-ring (bicyclic) bond motifs is 1. The summed E-state index contributed by atoms with van der Waals surface area (Å²) in [6.07, 6.45) is 0. The molecule has 2 heteroatoms. The molecule has 0 saturated carbocycles. The summed E-state index contributed by atoms with van der Waals surface area (Å²) in [6, 6.07) is 14.8. The van der Waals surface area contributed by atoms with Crippen molar-refractivity contribution in [1.82, 2.24) is 4.98 Å². The molecular formula is C15H12FN. The molecule has 1 N–H and O–H groups in total. The zero-order chi connectivity index (χ0) is 11.8. The Hall–Kier alpha value is -2.09. The Kier molecular flexibility index (Phi) is 2.22. The Morgan fingerprint density at radius 2 is 1.76 bits per heavy atom. The molecule has 0 atom stereocenters. The smallest absolute Gasteiger partial charge is 0.123 e. The normalized spacial score (nSPS) is 10.9. The van der Waals surface area contributed by atoms with Crippen LogP contribution in [0.5, 0.6) is 0 Å². The van der Waals surface area contributed by atoms with Gasteiger partial charge in [0.05, 0.1) is 5.52 Å². The van der Waals surface area contributed by atoms with Crippen molar-refractivity contribution >= 4 is 10.9 Å². The van der Waals surface area contributed by atoms with Gasteiger partial charge in [-0.15, -0.1) is 0 Å². The van der Waals surface area contributed by atoms with Crippen molar-refractivity contribution in [2.75, 3.05) is 0 Å². The highest BCUT2D eigenvalue weighted by Crippen LogP contribution is 2.28. The highest BCUT2D eigenvalue weighted by atomic mass is 19.1. The second kappa shape index (κ2) is 3.74. The Morgan fingerprint density at radius 1 is 1.00 bits per heavy atom. The number of aromatic nitrogens is 1. The number of rotatable bonds is 1. The molecule has 0 unspecified atom stereocenters. The van der Waals surface area contributed by atoms with Crippen LogP contribution in [0.15, 0.2) is 48.5 Å². The molecule has 0 bridgehead atoms. The van der Waals surface area contributed by atoms with Crippen LogP contribution in [0.2, 0.25) is 0 Å². The van der Waals surface area contributed by atoms with E-state index in [-0.39, 0.29) is 5.82 Å². The van der Waals surface area contributed by atoms with Crippen molar-refractivity contribution in [2.45, 2.75) is 6.92 Å². The van der Waals surface area contributed by atoms with E-state index in [1.165, 1.54) is 17.5 Å². The standard InChI is InChI=1S/C15H12FN/c1-10-9-12-3-2-4-14(15(12)17-10)11-5-7-13(16)8-6-11/h2-9,17H,1H3. The number of para-hydroxylation sites is 1. The van der Waals surface area contributed by atoms with Crippen LogP contribution in [0.4, 0.5) is 4.39 Å². The predicted octanol–water partition coefficient (Wildman–Crippen LogP) is 4.28. The molecule has 17 heavy (non-hydrogen) atoms. The maximum absolute atomic E-state index is 12.9. The van der Waals surface area contributed by atoms with Crippen molar-refractivity contribution in [3.05, 3.63) is 60.0 Å². The Labute approximate surface area is 98.9 Å². The lowest BCUT2D eigenvalue weighted by atomic mass is 10.0. The molecule has 2 aromatic carbocycles. The zero-order valence-electron chi connectivity index (χ0n) is 9.50. The van der Waals surface area contributed by atoms with Crippen molar-refractivity contribution in [3.8, 4) is 11.1 Å². The minimum Gasteiger partial charge on any atom is -0.358 e. The summed E-state index contributed by atoms with van der Waals surface area (Å²) in [5.74, 6) is -0.205. The summed E-state index contributed by atoms with van der Waals surface area (Å²) in [6.45, 7) is 2.04. The number of benzene rings is 2. The van der Waals surface area contributed by atoms with Gasteiger partial charge in [0.2, 0.25) is 0 Å². The fourth-order valence-corrected chi connectivity index (χ4v) is 2.17. The van der Waals surface area contributed by atoms with E-state index in [1.807, 2.05) is 19.1 Å². The third-order valence-corrected chi connectivity index (χ3v) is 2.95. The van der Waals surface area contributed by atoms with E-state index in [9.17, 15) is 4.39 Å². The van der Waals surface area contributed by atoms with Gasteiger partial charge in [0.15, 0.2) is 0 Å². The highest BCUT2D eigenvalue weighted by Gasteiger charge is 2.05. The van der Waals surface area contributed by atoms with Crippen LogP contribution in [0.1, 0.15) is 5.69 Å². The minimum atomic E-state index is -0.205. The van der Waals surface area contributed by atoms with Crippen molar-refractivity contribution < 1.29 is 4.39 Å². The molecule has 0 radical (unpaired) electrons. The van der Waals surface area contributed by atoms with Gasteiger partial charge >= 0.3 is 0 Å². The van der Waals surface area contributed by atoms with Gasteiger partial charge in [0, 0.05) is 16.6 Å². The lowest BCUT2D eigenvalue weighted by Gasteiger charge is -2.03. The van der Waals surface area contributed by atoms with Crippen molar-refractivity contribution in [2.24, 2.45) is 0 Å². The molecule has 0 aliphatic carbocycles. The molecule has 3 rings (SSSR count). The third kappa shape index (κ3) is 1.72. The fraction of sp³-hybridized carbons (Fsp3) is 0.0667. The first-order chi connectivity index (χ1) is 8.24. The first-order valence-electron chi connectivity index (χ1n) is 5.58. The average molecular weight is 225 g/mol. The number of hydrogen-bond acceptors (Lipinski definition) is 0. The summed E-state index contributed by atoms with van der Waals surface area (Å²) in [5, 5.41) is 1.18. The first-order valence-corrected chi connectivity index (χ1v) is 5.58. The second-order valence-corrected chi connectivity index (χ2v) is 4.23. The number of aryl methyl sites for hydroxylation is 1. The second-order valence-electron chi connectivity index (χ2n) is 4.23. The molecule has 84 valence electrons. The van der Waals surface area contributed by atoms with Crippen LogP contribution in [-0.2, 0) is 0 Å². The number of hydrogen-bond donors (Lipinski definition) is 1. The first kappa shape index (κ1) is 10.1. The summed E-state index contributed by atoms with van der Waals surface area (Å²) in [4.78, 5) is 3.35. The van der Waals surface area contributed by atoms with Crippen LogP contribution in [0.3, 0.4) is 0 Å². The summed E-state index contributed by atoms with van der Waals surface area (Å²) >= 11 is 0. The fourth-order valence-electron chi connectivity index (χ4n) is 2.17. The Morgan fingerprint density at radius 3 is 2.53 bits per heavy atom. The van der Waals surface area contributed by atoms with E-state index in [0.29, 0.717) is 0 Å². The number of halogens is 1. The molecule has 1 heterocycles. The lowest BCUT2D eigenvalue weighted by Crippen LogP contribution is -1.81. The molecule has 0 spiro atoms. The lowest BCUT2D eigenvalue weighted by molar-refractivity contribution is 0.628. The van der Waals surface area contributed by atoms with E-state index in [0.717, 1.165) is 22.3 Å². The van der Waals surface area contributed by atoms with E-state index in [2.05, 4.69) is 17.1 Å². The largest absolute Gasteiger partial charge is 0.358 e. The van der Waals surface area contributed by atoms with Gasteiger partial charge in [-0.05, 0) is 30.7 Å². The molecule has 0 aliphatic rings. The van der Waals surface area contributed by atoms with Crippen molar-refractivity contribution in [3.63, 3.8) is 0 Å². The topological polar surface area (TPSA) is 15.8 Å². The summed E-state index contributed by atoms with van der Waals surface area (Å²) < 4.78 is 12.9. The quantitative estimate of drug-likeness (QED) is 0.636. The van der Waals surface area contributed by atoms with Gasteiger partial charge in [-0.25, -0.2) is 4.39 Å². The SMILES string of the molecule is Cc1cc2cccc(-c3ccc(F)cc3)c2[nH]1. The number of nitrogens with one attached hydrogen (secondary N) is 1. The monoisotopic (exact) mass is 225 g/mol. The van der Waals surface area contributed by atoms with Crippen LogP contribution in [0.25, 0.3) is 22.0 Å². The van der Waals surface area contributed by atoms with Gasteiger partial charge in [-0.3, -0.25) is 0 Å². The van der Waals surface area contributed by atoms with Gasteiger partial charge in [-0.2, -0.15) is 0 Å². The minimum absolute atomic E-state index is 0.205. The van der Waals surface area contributed by atoms with Crippen LogP contribution < -0.4 is 0 Å². The molecule has 0 amide bonds. The van der Waals surface area contributed by atoms with Crippen LogP contribution >= 0.6 is 0 Å². The number of H-pyrrole nitrogens is 1. The average Bonchev–Trinajstić information content (AvgIpc) is 2.70. The molecule has 1 aromatic heterocycles. The third-order valence-electron chi connectivity index (χ3n) is 2.95. The van der Waals surface area contributed by atoms with Crippen LogP contribution in [-0.4, -0.2) is 4.98 Å². The zero-order valence-corrected chi connectivity index (χ0v) is 9.50. The maximum atomic E-state index is 12.9. The van der Waals surface area contributed by atoms with E-state index in [4.69, 9.17) is 0 Å².